The number of hydrogen-bond acceptors (Lipinski definition) is 3. The Kier molecular flexibility index (Phi) is 10.4. The summed E-state index contributed by atoms with van der Waals surface area (Å²) in [6.07, 6.45) is 0. The monoisotopic (exact) mass is 872 g/mol. The van der Waals surface area contributed by atoms with E-state index in [1.807, 2.05) is 11.3 Å². The average molecular weight is 873 g/mol. The Morgan fingerprint density at radius 2 is 0.701 bits per heavy atom. The third kappa shape index (κ3) is 7.62. The fraction of sp³-hybridized carbons (Fsp3) is 0. The second kappa shape index (κ2) is 17.5. The zero-order chi connectivity index (χ0) is 44.5. The number of nitrogens with zero attached hydrogens (tertiary/aromatic N) is 2. The van der Waals surface area contributed by atoms with E-state index in [0.29, 0.717) is 0 Å². The van der Waals surface area contributed by atoms with Crippen molar-refractivity contribution in [3.8, 4) is 44.5 Å². The Balaban J connectivity index is 1.06. The van der Waals surface area contributed by atoms with Gasteiger partial charge in [0, 0.05) is 48.4 Å². The molecule has 316 valence electrons. The van der Waals surface area contributed by atoms with Crippen molar-refractivity contribution in [3.63, 3.8) is 0 Å². The van der Waals surface area contributed by atoms with E-state index < -0.39 is 0 Å². The van der Waals surface area contributed by atoms with Gasteiger partial charge in [-0.1, -0.05) is 194 Å². The van der Waals surface area contributed by atoms with Crippen LogP contribution in [0.25, 0.3) is 75.5 Å². The molecule has 0 atom stereocenters. The van der Waals surface area contributed by atoms with Gasteiger partial charge >= 0.3 is 0 Å². The molecule has 2 nitrogen and oxygen atoms in total. The van der Waals surface area contributed by atoms with Gasteiger partial charge in [0.25, 0.3) is 0 Å². The molecule has 0 aliphatic heterocycles. The highest BCUT2D eigenvalue weighted by Gasteiger charge is 2.25. The fourth-order valence-corrected chi connectivity index (χ4v) is 10.8. The molecule has 0 N–H and O–H groups in total. The molecule has 0 saturated carbocycles. The zero-order valence-corrected chi connectivity index (χ0v) is 37.5. The molecule has 0 unspecified atom stereocenters. The number of para-hydroxylation sites is 2. The van der Waals surface area contributed by atoms with Crippen LogP contribution in [0.1, 0.15) is 0 Å². The Morgan fingerprint density at radius 1 is 0.254 bits per heavy atom. The number of anilines is 6. The Morgan fingerprint density at radius 3 is 1.40 bits per heavy atom. The Labute approximate surface area is 395 Å². The van der Waals surface area contributed by atoms with Crippen molar-refractivity contribution in [1.29, 1.82) is 0 Å². The summed E-state index contributed by atoms with van der Waals surface area (Å²) in [5.41, 5.74) is 16.0. The van der Waals surface area contributed by atoms with E-state index in [-0.39, 0.29) is 0 Å². The number of fused-ring (bicyclic) bond motifs is 4. The van der Waals surface area contributed by atoms with Gasteiger partial charge in [0.2, 0.25) is 0 Å². The molecule has 1 aromatic heterocycles. The molecular formula is C64H44N2S. The van der Waals surface area contributed by atoms with E-state index in [0.717, 1.165) is 45.3 Å². The summed E-state index contributed by atoms with van der Waals surface area (Å²) in [5, 5.41) is 4.90. The molecule has 0 fully saturated rings. The SMILES string of the molecule is c1ccc(-c2ccc(N(c3ccc4cc(-c5ccccc5)ccc4c3)c3ccccc3-c3ccccc3N(c3cccc(-c4ccccc4)c3)c3cccc4sc5ccccc5c34)cc2)cc1. The smallest absolute Gasteiger partial charge is 0.0555 e. The first-order valence-electron chi connectivity index (χ1n) is 22.8. The highest BCUT2D eigenvalue weighted by molar-refractivity contribution is 7.26. The van der Waals surface area contributed by atoms with Crippen molar-refractivity contribution in [2.75, 3.05) is 9.80 Å². The van der Waals surface area contributed by atoms with Gasteiger partial charge in [0.1, 0.15) is 0 Å². The molecule has 12 aromatic rings. The first kappa shape index (κ1) is 40.0. The summed E-state index contributed by atoms with van der Waals surface area (Å²) in [7, 11) is 0. The van der Waals surface area contributed by atoms with E-state index in [2.05, 4.69) is 277 Å². The molecule has 0 saturated heterocycles. The summed E-state index contributed by atoms with van der Waals surface area (Å²) in [6.45, 7) is 0. The Hall–Kier alpha value is -8.50. The van der Waals surface area contributed by atoms with Crippen molar-refractivity contribution in [2.45, 2.75) is 0 Å². The lowest BCUT2D eigenvalue weighted by atomic mass is 9.97. The van der Waals surface area contributed by atoms with Crippen molar-refractivity contribution in [3.05, 3.63) is 267 Å². The fourth-order valence-electron chi connectivity index (χ4n) is 9.64. The molecule has 0 radical (unpaired) electrons. The van der Waals surface area contributed by atoms with Crippen molar-refractivity contribution in [1.82, 2.24) is 0 Å². The molecule has 0 aliphatic rings. The van der Waals surface area contributed by atoms with Crippen LogP contribution in [0.15, 0.2) is 267 Å². The van der Waals surface area contributed by atoms with Gasteiger partial charge in [-0.3, -0.25) is 0 Å². The molecule has 1 heterocycles. The van der Waals surface area contributed by atoms with Crippen molar-refractivity contribution < 1.29 is 0 Å². The molecule has 0 aliphatic carbocycles. The highest BCUT2D eigenvalue weighted by Crippen LogP contribution is 2.50. The maximum atomic E-state index is 2.49. The van der Waals surface area contributed by atoms with E-state index in [1.165, 1.54) is 64.3 Å². The van der Waals surface area contributed by atoms with E-state index in [4.69, 9.17) is 0 Å². The lowest BCUT2D eigenvalue weighted by molar-refractivity contribution is 1.27. The first-order valence-corrected chi connectivity index (χ1v) is 23.6. The van der Waals surface area contributed by atoms with Crippen LogP contribution in [0.5, 0.6) is 0 Å². The van der Waals surface area contributed by atoms with Gasteiger partial charge < -0.3 is 9.80 Å². The van der Waals surface area contributed by atoms with Gasteiger partial charge in [-0.05, 0) is 117 Å². The zero-order valence-electron chi connectivity index (χ0n) is 36.7. The molecule has 0 bridgehead atoms. The van der Waals surface area contributed by atoms with E-state index >= 15 is 0 Å². The largest absolute Gasteiger partial charge is 0.310 e. The quantitative estimate of drug-likeness (QED) is 0.135. The maximum absolute atomic E-state index is 2.49. The minimum Gasteiger partial charge on any atom is -0.310 e. The van der Waals surface area contributed by atoms with Crippen LogP contribution >= 0.6 is 11.3 Å². The van der Waals surface area contributed by atoms with Crippen LogP contribution in [0.3, 0.4) is 0 Å². The number of benzene rings is 11. The van der Waals surface area contributed by atoms with Gasteiger partial charge in [0.15, 0.2) is 0 Å². The van der Waals surface area contributed by atoms with Gasteiger partial charge in [-0.25, -0.2) is 0 Å². The van der Waals surface area contributed by atoms with Gasteiger partial charge in [-0.15, -0.1) is 11.3 Å². The summed E-state index contributed by atoms with van der Waals surface area (Å²) in [6, 6.07) is 97.0. The lowest BCUT2D eigenvalue weighted by Gasteiger charge is -2.32. The second-order valence-corrected chi connectivity index (χ2v) is 18.0. The number of hydrogen-bond donors (Lipinski definition) is 0. The highest BCUT2D eigenvalue weighted by atomic mass is 32.1. The van der Waals surface area contributed by atoms with E-state index in [9.17, 15) is 0 Å². The van der Waals surface area contributed by atoms with Crippen LogP contribution in [0.4, 0.5) is 34.1 Å². The molecular weight excluding hydrogens is 829 g/mol. The first-order chi connectivity index (χ1) is 33.2. The minimum absolute atomic E-state index is 1.08. The van der Waals surface area contributed by atoms with Gasteiger partial charge in [0.05, 0.1) is 17.1 Å². The van der Waals surface area contributed by atoms with Crippen LogP contribution in [-0.4, -0.2) is 0 Å². The van der Waals surface area contributed by atoms with Crippen LogP contribution < -0.4 is 9.80 Å². The number of rotatable bonds is 10. The summed E-state index contributed by atoms with van der Waals surface area (Å²) in [4.78, 5) is 4.91. The topological polar surface area (TPSA) is 6.48 Å². The molecule has 3 heteroatoms. The summed E-state index contributed by atoms with van der Waals surface area (Å²) >= 11 is 1.85. The van der Waals surface area contributed by atoms with Gasteiger partial charge in [-0.2, -0.15) is 0 Å². The maximum Gasteiger partial charge on any atom is 0.0555 e. The third-order valence-electron chi connectivity index (χ3n) is 12.8. The average Bonchev–Trinajstić information content (AvgIpc) is 3.80. The third-order valence-corrected chi connectivity index (χ3v) is 14.0. The predicted octanol–water partition coefficient (Wildman–Crippen LogP) is 18.8. The van der Waals surface area contributed by atoms with Crippen LogP contribution in [-0.2, 0) is 0 Å². The normalized spacial score (nSPS) is 11.3. The molecule has 12 rings (SSSR count). The van der Waals surface area contributed by atoms with Crippen molar-refractivity contribution >= 4 is 76.4 Å². The molecule has 11 aromatic carbocycles. The number of thiophene rings is 1. The molecule has 67 heavy (non-hydrogen) atoms. The predicted molar refractivity (Wildman–Crippen MR) is 288 cm³/mol. The minimum atomic E-state index is 1.08. The standard InChI is InChI=1S/C64H44N2S/c1-4-18-45(19-5-1)48-36-39-53(40-37-48)65(55-41-38-51-42-50(34-35-52(51)44-55)47-22-8-3-9-23-47)59-29-13-10-26-56(59)57-27-11-14-30-60(57)66(54-25-16-24-49(43-54)46-20-6-2-7-21-46)61-31-17-33-63-64(61)58-28-12-15-32-62(58)67-63/h1-44H. The van der Waals surface area contributed by atoms with Crippen LogP contribution in [0.2, 0.25) is 0 Å². The second-order valence-electron chi connectivity index (χ2n) is 16.9. The van der Waals surface area contributed by atoms with Crippen molar-refractivity contribution in [2.24, 2.45) is 0 Å². The summed E-state index contributed by atoms with van der Waals surface area (Å²) < 4.78 is 2.54. The summed E-state index contributed by atoms with van der Waals surface area (Å²) in [5.74, 6) is 0. The molecule has 0 spiro atoms. The van der Waals surface area contributed by atoms with E-state index in [1.54, 1.807) is 0 Å². The molecule has 0 amide bonds. The Bertz CT molecular complexity index is 3690. The lowest BCUT2D eigenvalue weighted by Crippen LogP contribution is -2.14. The van der Waals surface area contributed by atoms with Crippen LogP contribution in [0, 0.1) is 0 Å².